The highest BCUT2D eigenvalue weighted by Crippen LogP contribution is 2.51. The summed E-state index contributed by atoms with van der Waals surface area (Å²) in [5.74, 6) is 0.173. The van der Waals surface area contributed by atoms with Crippen LogP contribution in [0, 0.1) is 0 Å². The first-order chi connectivity index (χ1) is 35.8. The highest BCUT2D eigenvalue weighted by Gasteiger charge is 2.39. The minimum Gasteiger partial charge on any atom is -0.333 e. The molecule has 73 heavy (non-hydrogen) atoms. The molecule has 12 aromatic rings. The molecule has 348 valence electrons. The van der Waals surface area contributed by atoms with E-state index in [0.717, 1.165) is 11.4 Å². The van der Waals surface area contributed by atoms with Crippen LogP contribution in [0.3, 0.4) is 0 Å². The van der Waals surface area contributed by atoms with Crippen molar-refractivity contribution < 1.29 is 0 Å². The van der Waals surface area contributed by atoms with Crippen LogP contribution >= 0.6 is 0 Å². The van der Waals surface area contributed by atoms with Gasteiger partial charge in [-0.2, -0.15) is 0 Å². The number of hydrogen-bond acceptors (Lipinski definition) is 1. The average molecular weight is 936 g/mol. The van der Waals surface area contributed by atoms with Crippen LogP contribution in [0.2, 0.25) is 0 Å². The zero-order chi connectivity index (χ0) is 48.8. The van der Waals surface area contributed by atoms with E-state index >= 15 is 0 Å². The lowest BCUT2D eigenvalue weighted by Gasteiger charge is -2.30. The minimum atomic E-state index is 0.0272. The molecule has 0 saturated heterocycles. The monoisotopic (exact) mass is 935 g/mol. The van der Waals surface area contributed by atoms with Crippen LogP contribution in [-0.2, 0) is 5.41 Å². The van der Waals surface area contributed by atoms with Crippen LogP contribution in [0.1, 0.15) is 43.4 Å². The Morgan fingerprint density at radius 2 is 0.822 bits per heavy atom. The largest absolute Gasteiger partial charge is 0.333 e. The number of nitrogens with zero attached hydrogens (tertiary/aromatic N) is 3. The third-order valence-electron chi connectivity index (χ3n) is 15.6. The quantitative estimate of drug-likeness (QED) is 0.155. The fraction of sp³-hybridized carbons (Fsp3) is 0.0857. The number of fused-ring (bicyclic) bond motifs is 9. The first-order valence-corrected chi connectivity index (χ1v) is 25.7. The van der Waals surface area contributed by atoms with Gasteiger partial charge in [0.05, 0.1) is 28.1 Å². The molecule has 0 radical (unpaired) electrons. The molecule has 3 heteroatoms. The SMILES string of the molecule is CC(C)(C)c1ccc(-n2c3cc(N4c5ccc(-c6ccccc6)cc5C5C=C(c6ccccc6)C=CC54)ccc3c3ccc(-n4c5ccc(-c6ccccc6)cc5c5cc(-c6ccccc6)ccc54)cc32)cc1. The predicted molar refractivity (Wildman–Crippen MR) is 309 cm³/mol. The fourth-order valence-electron chi connectivity index (χ4n) is 11.9. The number of benzene rings is 10. The van der Waals surface area contributed by atoms with E-state index in [4.69, 9.17) is 0 Å². The molecule has 10 aromatic carbocycles. The Hall–Kier alpha value is -8.92. The van der Waals surface area contributed by atoms with E-state index in [9.17, 15) is 0 Å². The Bertz CT molecular complexity index is 4050. The van der Waals surface area contributed by atoms with Crippen molar-refractivity contribution in [3.05, 3.63) is 272 Å². The van der Waals surface area contributed by atoms with Gasteiger partial charge in [0.1, 0.15) is 0 Å². The maximum atomic E-state index is 2.59. The molecular formula is C70H53N3. The van der Waals surface area contributed by atoms with Crippen molar-refractivity contribution in [1.82, 2.24) is 9.13 Å². The summed E-state index contributed by atoms with van der Waals surface area (Å²) in [6.07, 6.45) is 7.27. The van der Waals surface area contributed by atoms with Crippen LogP contribution in [-0.4, -0.2) is 15.2 Å². The van der Waals surface area contributed by atoms with Crippen LogP contribution in [0.5, 0.6) is 0 Å². The van der Waals surface area contributed by atoms with E-state index in [0.29, 0.717) is 0 Å². The highest BCUT2D eigenvalue weighted by atomic mass is 15.2. The molecular weight excluding hydrogens is 883 g/mol. The van der Waals surface area contributed by atoms with Crippen molar-refractivity contribution in [2.24, 2.45) is 0 Å². The second-order valence-electron chi connectivity index (χ2n) is 20.9. The predicted octanol–water partition coefficient (Wildman–Crippen LogP) is 18.4. The fourth-order valence-corrected chi connectivity index (χ4v) is 11.9. The molecule has 14 rings (SSSR count). The van der Waals surface area contributed by atoms with Crippen LogP contribution < -0.4 is 4.90 Å². The van der Waals surface area contributed by atoms with Gasteiger partial charge in [0, 0.05) is 50.2 Å². The van der Waals surface area contributed by atoms with Gasteiger partial charge in [-0.1, -0.05) is 203 Å². The number of hydrogen-bond donors (Lipinski definition) is 0. The van der Waals surface area contributed by atoms with E-state index < -0.39 is 0 Å². The normalized spacial score (nSPS) is 15.3. The first kappa shape index (κ1) is 42.9. The van der Waals surface area contributed by atoms with Crippen molar-refractivity contribution in [1.29, 1.82) is 0 Å². The molecule has 0 spiro atoms. The smallest absolute Gasteiger partial charge is 0.0630 e. The molecule has 0 bridgehead atoms. The van der Waals surface area contributed by atoms with Crippen LogP contribution in [0.25, 0.3) is 93.9 Å². The number of aromatic nitrogens is 2. The van der Waals surface area contributed by atoms with Gasteiger partial charge in [0.2, 0.25) is 0 Å². The lowest BCUT2D eigenvalue weighted by Crippen LogP contribution is -2.29. The molecule has 1 aliphatic heterocycles. The molecule has 2 aromatic heterocycles. The maximum Gasteiger partial charge on any atom is 0.0630 e. The zero-order valence-electron chi connectivity index (χ0n) is 41.2. The molecule has 0 saturated carbocycles. The Kier molecular flexibility index (Phi) is 9.91. The Morgan fingerprint density at radius 1 is 0.356 bits per heavy atom. The standard InChI is InChI=1S/C70H53N3/c1-70(2,3)54-28-30-55(31-29-54)71-68-44-56(72-64-36-24-50(46-16-8-4-9-17-46)40-60(64)61-41-51(25-37-65(61)72)47-18-10-5-11-19-47)32-34-58(68)59-35-33-57(45-69(59)71)73-66-38-26-52(48-20-12-6-13-21-48)42-62(66)63-43-53(27-39-67(63)73)49-22-14-7-15-23-49/h4-45,60,64H,1-3H3. The molecule has 1 aliphatic carbocycles. The van der Waals surface area contributed by atoms with Gasteiger partial charge >= 0.3 is 0 Å². The Labute approximate surface area is 426 Å². The first-order valence-electron chi connectivity index (χ1n) is 25.7. The number of anilines is 2. The summed E-state index contributed by atoms with van der Waals surface area (Å²) in [6.45, 7) is 6.88. The Morgan fingerprint density at radius 3 is 1.37 bits per heavy atom. The molecule has 0 fully saturated rings. The van der Waals surface area contributed by atoms with Gasteiger partial charge < -0.3 is 14.0 Å². The lowest BCUT2D eigenvalue weighted by molar-refractivity contribution is 0.590. The van der Waals surface area contributed by atoms with Crippen molar-refractivity contribution in [2.75, 3.05) is 4.90 Å². The van der Waals surface area contributed by atoms with Crippen LogP contribution in [0.4, 0.5) is 11.4 Å². The van der Waals surface area contributed by atoms with Crippen molar-refractivity contribution >= 4 is 60.6 Å². The third kappa shape index (κ3) is 7.18. The van der Waals surface area contributed by atoms with Crippen molar-refractivity contribution in [3.63, 3.8) is 0 Å². The molecule has 2 aliphatic rings. The Balaban J connectivity index is 0.969. The summed E-state index contributed by atoms with van der Waals surface area (Å²) < 4.78 is 4.98. The highest BCUT2D eigenvalue weighted by molar-refractivity contribution is 6.14. The van der Waals surface area contributed by atoms with Gasteiger partial charge in [-0.15, -0.1) is 0 Å². The zero-order valence-corrected chi connectivity index (χ0v) is 41.2. The summed E-state index contributed by atoms with van der Waals surface area (Å²) in [7, 11) is 0. The van der Waals surface area contributed by atoms with Crippen molar-refractivity contribution in [2.45, 2.75) is 38.1 Å². The van der Waals surface area contributed by atoms with Gasteiger partial charge in [0.25, 0.3) is 0 Å². The number of rotatable bonds is 7. The summed E-state index contributed by atoms with van der Waals surface area (Å²) in [5, 5.41) is 4.93. The second-order valence-corrected chi connectivity index (χ2v) is 20.9. The molecule has 0 amide bonds. The van der Waals surface area contributed by atoms with Gasteiger partial charge in [-0.05, 0) is 134 Å². The van der Waals surface area contributed by atoms with E-state index in [2.05, 4.69) is 290 Å². The van der Waals surface area contributed by atoms with E-state index in [-0.39, 0.29) is 17.4 Å². The second kappa shape index (κ2) is 16.9. The molecule has 2 unspecified atom stereocenters. The average Bonchev–Trinajstić information content (AvgIpc) is 4.08. The molecule has 2 atom stereocenters. The minimum absolute atomic E-state index is 0.0272. The van der Waals surface area contributed by atoms with E-state index in [1.807, 2.05) is 0 Å². The lowest BCUT2D eigenvalue weighted by atomic mass is 9.85. The van der Waals surface area contributed by atoms with Crippen molar-refractivity contribution in [3.8, 4) is 44.8 Å². The van der Waals surface area contributed by atoms with E-state index in [1.54, 1.807) is 0 Å². The van der Waals surface area contributed by atoms with Gasteiger partial charge in [-0.3, -0.25) is 0 Å². The molecule has 3 heterocycles. The molecule has 3 nitrogen and oxygen atoms in total. The summed E-state index contributed by atoms with van der Waals surface area (Å²) in [6, 6.07) is 87.8. The maximum absolute atomic E-state index is 2.59. The van der Waals surface area contributed by atoms with E-state index in [1.165, 1.54) is 111 Å². The summed E-state index contributed by atoms with van der Waals surface area (Å²) >= 11 is 0. The number of allylic oxidation sites excluding steroid dienone is 2. The molecule has 0 N–H and O–H groups in total. The summed E-state index contributed by atoms with van der Waals surface area (Å²) in [5.41, 5.74) is 21.9. The van der Waals surface area contributed by atoms with Gasteiger partial charge in [-0.25, -0.2) is 0 Å². The van der Waals surface area contributed by atoms with Crippen LogP contribution in [0.15, 0.2) is 255 Å². The topological polar surface area (TPSA) is 13.1 Å². The third-order valence-corrected chi connectivity index (χ3v) is 15.6. The summed E-state index contributed by atoms with van der Waals surface area (Å²) in [4.78, 5) is 2.59. The van der Waals surface area contributed by atoms with Gasteiger partial charge in [0.15, 0.2) is 0 Å².